The molecule has 1 saturated carbocycles. The number of carboxylic acids is 1. The highest BCUT2D eigenvalue weighted by Crippen LogP contribution is 2.33. The highest BCUT2D eigenvalue weighted by atomic mass is 16.4. The third kappa shape index (κ3) is 7.88. The Labute approximate surface area is 241 Å². The quantitative estimate of drug-likeness (QED) is 0.194. The molecule has 1 aliphatic rings. The number of carbonyl (C=O) groups excluding carboxylic acids is 3. The summed E-state index contributed by atoms with van der Waals surface area (Å²) in [6, 6.07) is 21.6. The summed E-state index contributed by atoms with van der Waals surface area (Å²) in [4.78, 5) is 50.2. The van der Waals surface area contributed by atoms with E-state index in [1.54, 1.807) is 12.1 Å². The van der Waals surface area contributed by atoms with E-state index in [0.29, 0.717) is 34.1 Å². The Morgan fingerprint density at radius 1 is 0.780 bits per heavy atom. The van der Waals surface area contributed by atoms with Gasteiger partial charge in [-0.3, -0.25) is 19.2 Å². The molecule has 3 aromatic rings. The van der Waals surface area contributed by atoms with E-state index in [9.17, 15) is 19.2 Å². The molecule has 1 fully saturated rings. The maximum Gasteiger partial charge on any atom is 0.305 e. The Morgan fingerprint density at radius 2 is 1.34 bits per heavy atom. The van der Waals surface area contributed by atoms with Gasteiger partial charge in [-0.2, -0.15) is 0 Å². The summed E-state index contributed by atoms with van der Waals surface area (Å²) in [5.74, 6) is -1.12. The zero-order valence-electron chi connectivity index (χ0n) is 23.7. The number of rotatable bonds is 11. The Hall–Kier alpha value is -4.32. The molecule has 0 atom stereocenters. The van der Waals surface area contributed by atoms with Gasteiger partial charge in [-0.1, -0.05) is 93.8 Å². The van der Waals surface area contributed by atoms with Gasteiger partial charge in [-0.05, 0) is 59.6 Å². The molecule has 6 nitrogen and oxygen atoms in total. The summed E-state index contributed by atoms with van der Waals surface area (Å²) >= 11 is 0. The number of amides is 1. The molecule has 4 rings (SSSR count). The first-order valence-corrected chi connectivity index (χ1v) is 14.3. The van der Waals surface area contributed by atoms with Gasteiger partial charge in [-0.25, -0.2) is 0 Å². The first kappa shape index (κ1) is 29.7. The van der Waals surface area contributed by atoms with Crippen molar-refractivity contribution in [1.29, 1.82) is 0 Å². The van der Waals surface area contributed by atoms with Crippen LogP contribution in [0.15, 0.2) is 78.9 Å². The van der Waals surface area contributed by atoms with Crippen LogP contribution in [0.25, 0.3) is 5.57 Å². The van der Waals surface area contributed by atoms with Crippen LogP contribution in [0.4, 0.5) is 0 Å². The predicted octanol–water partition coefficient (Wildman–Crippen LogP) is 7.21. The minimum absolute atomic E-state index is 0.0118. The number of hydrogen-bond donors (Lipinski definition) is 2. The summed E-state index contributed by atoms with van der Waals surface area (Å²) < 4.78 is 0. The van der Waals surface area contributed by atoms with Gasteiger partial charge in [0.05, 0.1) is 6.42 Å². The minimum Gasteiger partial charge on any atom is -0.481 e. The van der Waals surface area contributed by atoms with Crippen molar-refractivity contribution in [2.75, 3.05) is 6.54 Å². The lowest BCUT2D eigenvalue weighted by molar-refractivity contribution is -0.136. The molecule has 3 aromatic carbocycles. The summed E-state index contributed by atoms with van der Waals surface area (Å²) in [5, 5.41) is 11.3. The molecule has 212 valence electrons. The van der Waals surface area contributed by atoms with E-state index in [2.05, 4.69) is 19.2 Å². The maximum absolute atomic E-state index is 13.7. The standard InChI is InChI=1S/C35H37NO5/c1-23(2)24-8-12-27(13-9-24)31(22-32(37)28-14-10-26(11-15-28)25-6-4-3-5-7-25)34(40)29-16-18-30(19-17-29)35(41)36-21-20-33(38)39/h8-19,22-23,25H,3-7,20-21H2,1-2H3,(H,36,41)(H,38,39)/b31-22-. The van der Waals surface area contributed by atoms with Crippen molar-refractivity contribution in [3.8, 4) is 0 Å². The highest BCUT2D eigenvalue weighted by Gasteiger charge is 2.19. The average molecular weight is 552 g/mol. The molecule has 41 heavy (non-hydrogen) atoms. The third-order valence-electron chi connectivity index (χ3n) is 7.71. The maximum atomic E-state index is 13.7. The topological polar surface area (TPSA) is 101 Å². The van der Waals surface area contributed by atoms with Crippen LogP contribution >= 0.6 is 0 Å². The zero-order valence-corrected chi connectivity index (χ0v) is 23.7. The normalized spacial score (nSPS) is 14.1. The Balaban J connectivity index is 1.59. The largest absolute Gasteiger partial charge is 0.481 e. The van der Waals surface area contributed by atoms with Crippen molar-refractivity contribution in [3.05, 3.63) is 112 Å². The van der Waals surface area contributed by atoms with Gasteiger partial charge in [-0.15, -0.1) is 0 Å². The van der Waals surface area contributed by atoms with Crippen LogP contribution in [0.3, 0.4) is 0 Å². The summed E-state index contributed by atoms with van der Waals surface area (Å²) in [7, 11) is 0. The lowest BCUT2D eigenvalue weighted by Crippen LogP contribution is -2.26. The second-order valence-electron chi connectivity index (χ2n) is 11.0. The molecule has 0 radical (unpaired) electrons. The van der Waals surface area contributed by atoms with E-state index in [4.69, 9.17) is 5.11 Å². The lowest BCUT2D eigenvalue weighted by Gasteiger charge is -2.22. The van der Waals surface area contributed by atoms with Gasteiger partial charge in [0.2, 0.25) is 0 Å². The second kappa shape index (κ2) is 13.8. The van der Waals surface area contributed by atoms with Crippen LogP contribution in [0, 0.1) is 0 Å². The number of ketones is 2. The van der Waals surface area contributed by atoms with Crippen LogP contribution < -0.4 is 5.32 Å². The molecule has 0 aliphatic heterocycles. The number of Topliss-reactive ketones (excluding diaryl/α,β-unsaturated/α-hetero) is 1. The summed E-state index contributed by atoms with van der Waals surface area (Å²) in [6.07, 6.45) is 7.37. The molecule has 0 bridgehead atoms. The van der Waals surface area contributed by atoms with Crippen LogP contribution in [-0.4, -0.2) is 35.1 Å². The van der Waals surface area contributed by atoms with E-state index in [1.807, 2.05) is 48.5 Å². The lowest BCUT2D eigenvalue weighted by atomic mass is 9.84. The molecule has 0 saturated heterocycles. The summed E-state index contributed by atoms with van der Waals surface area (Å²) in [5.41, 5.74) is 4.49. The van der Waals surface area contributed by atoms with E-state index in [1.165, 1.54) is 55.9 Å². The van der Waals surface area contributed by atoms with Gasteiger partial charge in [0.15, 0.2) is 11.6 Å². The average Bonchev–Trinajstić information content (AvgIpc) is 3.00. The molecule has 0 unspecified atom stereocenters. The van der Waals surface area contributed by atoms with E-state index >= 15 is 0 Å². The fourth-order valence-electron chi connectivity index (χ4n) is 5.21. The SMILES string of the molecule is CC(C)c1ccc(/C(=C/C(=O)c2ccc(C3CCCCC3)cc2)C(=O)c2ccc(C(=O)NCCC(=O)O)cc2)cc1. The molecule has 0 heterocycles. The molecule has 2 N–H and O–H groups in total. The van der Waals surface area contributed by atoms with Crippen LogP contribution in [-0.2, 0) is 4.79 Å². The fourth-order valence-corrected chi connectivity index (χ4v) is 5.21. The van der Waals surface area contributed by atoms with Gasteiger partial charge in [0.25, 0.3) is 5.91 Å². The number of carboxylic acid groups (broad SMARTS) is 1. The molecular formula is C35H37NO5. The van der Waals surface area contributed by atoms with Gasteiger partial charge in [0.1, 0.15) is 0 Å². The van der Waals surface area contributed by atoms with E-state index < -0.39 is 11.9 Å². The third-order valence-corrected chi connectivity index (χ3v) is 7.71. The zero-order chi connectivity index (χ0) is 29.4. The van der Waals surface area contributed by atoms with Crippen molar-refractivity contribution in [1.82, 2.24) is 5.32 Å². The monoisotopic (exact) mass is 551 g/mol. The molecular weight excluding hydrogens is 514 g/mol. The molecule has 1 aliphatic carbocycles. The molecule has 0 aromatic heterocycles. The van der Waals surface area contributed by atoms with Crippen molar-refractivity contribution in [3.63, 3.8) is 0 Å². The van der Waals surface area contributed by atoms with Crippen LogP contribution in [0.1, 0.15) is 112 Å². The molecule has 1 amide bonds. The predicted molar refractivity (Wildman–Crippen MR) is 160 cm³/mol. The van der Waals surface area contributed by atoms with Gasteiger partial charge in [0, 0.05) is 28.8 Å². The first-order chi connectivity index (χ1) is 19.7. The highest BCUT2D eigenvalue weighted by molar-refractivity contribution is 6.32. The number of carbonyl (C=O) groups is 4. The van der Waals surface area contributed by atoms with Crippen molar-refractivity contribution >= 4 is 29.0 Å². The number of allylic oxidation sites excluding steroid dienone is 2. The van der Waals surface area contributed by atoms with E-state index in [-0.39, 0.29) is 30.1 Å². The molecule has 0 spiro atoms. The summed E-state index contributed by atoms with van der Waals surface area (Å²) in [6.45, 7) is 4.20. The van der Waals surface area contributed by atoms with Crippen LogP contribution in [0.2, 0.25) is 0 Å². The number of hydrogen-bond acceptors (Lipinski definition) is 4. The van der Waals surface area contributed by atoms with E-state index in [0.717, 1.165) is 5.56 Å². The smallest absolute Gasteiger partial charge is 0.305 e. The molecule has 6 heteroatoms. The number of nitrogens with one attached hydrogen (secondary N) is 1. The fraction of sp³-hybridized carbons (Fsp3) is 0.314. The van der Waals surface area contributed by atoms with Crippen molar-refractivity contribution in [2.45, 2.75) is 64.2 Å². The Kier molecular flexibility index (Phi) is 10.0. The second-order valence-corrected chi connectivity index (χ2v) is 11.0. The Morgan fingerprint density at radius 3 is 1.93 bits per heavy atom. The Bertz CT molecular complexity index is 1410. The number of benzene rings is 3. The minimum atomic E-state index is -0.998. The number of aliphatic carboxylic acids is 1. The van der Waals surface area contributed by atoms with Crippen molar-refractivity contribution < 1.29 is 24.3 Å². The van der Waals surface area contributed by atoms with Gasteiger partial charge >= 0.3 is 5.97 Å². The van der Waals surface area contributed by atoms with Gasteiger partial charge < -0.3 is 10.4 Å². The van der Waals surface area contributed by atoms with Crippen LogP contribution in [0.5, 0.6) is 0 Å². The van der Waals surface area contributed by atoms with Crippen molar-refractivity contribution in [2.24, 2.45) is 0 Å². The first-order valence-electron chi connectivity index (χ1n) is 14.3.